The number of hydrogen-bond donors (Lipinski definition) is 2. The Kier molecular flexibility index (Phi) is 2.90. The van der Waals surface area contributed by atoms with Crippen LogP contribution in [0.15, 0.2) is 23.8 Å². The van der Waals surface area contributed by atoms with Gasteiger partial charge in [-0.1, -0.05) is 6.07 Å². The highest BCUT2D eigenvalue weighted by Gasteiger charge is 2.10. The largest absolute Gasteiger partial charge is 0.385 e. The molecule has 0 aliphatic heterocycles. The highest BCUT2D eigenvalue weighted by molar-refractivity contribution is 7.09. The summed E-state index contributed by atoms with van der Waals surface area (Å²) in [6.45, 7) is 0. The van der Waals surface area contributed by atoms with Crippen molar-refractivity contribution in [2.45, 2.75) is 18.9 Å². The Morgan fingerprint density at radius 2 is 2.50 bits per heavy atom. The fourth-order valence-corrected chi connectivity index (χ4v) is 1.97. The van der Waals surface area contributed by atoms with E-state index in [1.807, 2.05) is 11.4 Å². The summed E-state index contributed by atoms with van der Waals surface area (Å²) in [6, 6.07) is 4.08. The highest BCUT2D eigenvalue weighted by Crippen LogP contribution is 2.17. The SMILES string of the molecule is OC(CCc1cccs1)c1ncn[nH]1. The molecule has 1 unspecified atom stereocenters. The summed E-state index contributed by atoms with van der Waals surface area (Å²) >= 11 is 1.70. The first kappa shape index (κ1) is 9.36. The molecular formula is C9H11N3OS. The monoisotopic (exact) mass is 209 g/mol. The molecule has 2 N–H and O–H groups in total. The fourth-order valence-electron chi connectivity index (χ4n) is 1.25. The Morgan fingerprint density at radius 1 is 1.57 bits per heavy atom. The summed E-state index contributed by atoms with van der Waals surface area (Å²) in [5.74, 6) is 0.543. The first-order chi connectivity index (χ1) is 6.86. The van der Waals surface area contributed by atoms with E-state index in [9.17, 15) is 5.11 Å². The van der Waals surface area contributed by atoms with E-state index in [0.717, 1.165) is 6.42 Å². The number of nitrogens with zero attached hydrogens (tertiary/aromatic N) is 2. The van der Waals surface area contributed by atoms with E-state index in [1.54, 1.807) is 11.3 Å². The number of rotatable bonds is 4. The Hall–Kier alpha value is -1.20. The van der Waals surface area contributed by atoms with Gasteiger partial charge >= 0.3 is 0 Å². The number of nitrogens with one attached hydrogen (secondary N) is 1. The van der Waals surface area contributed by atoms with Gasteiger partial charge in [0.2, 0.25) is 0 Å². The van der Waals surface area contributed by atoms with E-state index in [1.165, 1.54) is 11.2 Å². The molecule has 0 aliphatic carbocycles. The van der Waals surface area contributed by atoms with Crippen molar-refractivity contribution in [1.29, 1.82) is 0 Å². The summed E-state index contributed by atoms with van der Waals surface area (Å²) < 4.78 is 0. The standard InChI is InChI=1S/C9H11N3OS/c13-8(9-10-6-11-12-9)4-3-7-2-1-5-14-7/h1-2,5-6,8,13H,3-4H2,(H,10,11,12). The lowest BCUT2D eigenvalue weighted by molar-refractivity contribution is 0.158. The van der Waals surface area contributed by atoms with Crippen molar-refractivity contribution in [3.05, 3.63) is 34.5 Å². The van der Waals surface area contributed by atoms with E-state index >= 15 is 0 Å². The molecule has 0 aliphatic rings. The average molecular weight is 209 g/mol. The summed E-state index contributed by atoms with van der Waals surface area (Å²) in [7, 11) is 0. The van der Waals surface area contributed by atoms with Gasteiger partial charge in [0.25, 0.3) is 0 Å². The van der Waals surface area contributed by atoms with Crippen LogP contribution in [0.1, 0.15) is 23.2 Å². The zero-order valence-electron chi connectivity index (χ0n) is 7.55. The van der Waals surface area contributed by atoms with Gasteiger partial charge in [0.1, 0.15) is 12.4 Å². The van der Waals surface area contributed by atoms with Gasteiger partial charge in [-0.05, 0) is 24.3 Å². The summed E-state index contributed by atoms with van der Waals surface area (Å²) in [5, 5.41) is 18.1. The summed E-state index contributed by atoms with van der Waals surface area (Å²) in [4.78, 5) is 5.18. The first-order valence-electron chi connectivity index (χ1n) is 4.42. The molecule has 4 nitrogen and oxygen atoms in total. The van der Waals surface area contributed by atoms with Crippen molar-refractivity contribution in [1.82, 2.24) is 15.2 Å². The van der Waals surface area contributed by atoms with Gasteiger partial charge < -0.3 is 5.11 Å². The Balaban J connectivity index is 1.87. The summed E-state index contributed by atoms with van der Waals surface area (Å²) in [6.07, 6.45) is 2.42. The van der Waals surface area contributed by atoms with E-state index in [-0.39, 0.29) is 0 Å². The quantitative estimate of drug-likeness (QED) is 0.802. The highest BCUT2D eigenvalue weighted by atomic mass is 32.1. The van der Waals surface area contributed by atoms with Crippen molar-refractivity contribution < 1.29 is 5.11 Å². The molecule has 1 atom stereocenters. The van der Waals surface area contributed by atoms with Gasteiger partial charge in [0.05, 0.1) is 0 Å². The molecule has 0 radical (unpaired) electrons. The van der Waals surface area contributed by atoms with Crippen molar-refractivity contribution >= 4 is 11.3 Å². The summed E-state index contributed by atoms with van der Waals surface area (Å²) in [5.41, 5.74) is 0. The number of aryl methyl sites for hydroxylation is 1. The predicted octanol–water partition coefficient (Wildman–Crippen LogP) is 1.53. The molecule has 0 bridgehead atoms. The van der Waals surface area contributed by atoms with Crippen LogP contribution in [-0.4, -0.2) is 20.3 Å². The van der Waals surface area contributed by atoms with Crippen LogP contribution >= 0.6 is 11.3 Å². The number of aliphatic hydroxyl groups excluding tert-OH is 1. The third kappa shape index (κ3) is 2.18. The third-order valence-corrected chi connectivity index (χ3v) is 2.93. The van der Waals surface area contributed by atoms with Crippen LogP contribution in [0.25, 0.3) is 0 Å². The molecule has 5 heteroatoms. The van der Waals surface area contributed by atoms with Gasteiger partial charge in [-0.25, -0.2) is 4.98 Å². The van der Waals surface area contributed by atoms with Crippen LogP contribution in [0, 0.1) is 0 Å². The van der Waals surface area contributed by atoms with Gasteiger partial charge in [-0.15, -0.1) is 11.3 Å². The maximum Gasteiger partial charge on any atom is 0.153 e. The van der Waals surface area contributed by atoms with E-state index in [0.29, 0.717) is 12.2 Å². The van der Waals surface area contributed by atoms with E-state index in [4.69, 9.17) is 0 Å². The molecule has 0 saturated carbocycles. The number of thiophene rings is 1. The van der Waals surface area contributed by atoms with Crippen molar-refractivity contribution in [3.8, 4) is 0 Å². The lowest BCUT2D eigenvalue weighted by atomic mass is 10.2. The molecular weight excluding hydrogens is 198 g/mol. The normalized spacial score (nSPS) is 12.9. The van der Waals surface area contributed by atoms with Crippen LogP contribution in [0.4, 0.5) is 0 Å². The molecule has 2 heterocycles. The Labute approximate surface area is 85.6 Å². The average Bonchev–Trinajstić information content (AvgIpc) is 2.87. The molecule has 0 amide bonds. The number of H-pyrrole nitrogens is 1. The lowest BCUT2D eigenvalue weighted by Gasteiger charge is -2.04. The maximum atomic E-state index is 9.68. The van der Waals surface area contributed by atoms with Gasteiger partial charge in [-0.2, -0.15) is 5.10 Å². The third-order valence-electron chi connectivity index (χ3n) is 1.99. The smallest absolute Gasteiger partial charge is 0.153 e. The van der Waals surface area contributed by atoms with E-state index in [2.05, 4.69) is 21.2 Å². The minimum Gasteiger partial charge on any atom is -0.385 e. The fraction of sp³-hybridized carbons (Fsp3) is 0.333. The molecule has 2 aromatic heterocycles. The van der Waals surface area contributed by atoms with Gasteiger partial charge in [0, 0.05) is 4.88 Å². The second-order valence-electron chi connectivity index (χ2n) is 3.00. The predicted molar refractivity (Wildman–Crippen MR) is 54.0 cm³/mol. The molecule has 2 aromatic rings. The van der Waals surface area contributed by atoms with Gasteiger partial charge in [0.15, 0.2) is 5.82 Å². The van der Waals surface area contributed by atoms with Crippen LogP contribution in [0.2, 0.25) is 0 Å². The molecule has 0 saturated heterocycles. The van der Waals surface area contributed by atoms with Crippen LogP contribution in [0.5, 0.6) is 0 Å². The molecule has 0 spiro atoms. The molecule has 2 rings (SSSR count). The van der Waals surface area contributed by atoms with E-state index < -0.39 is 6.10 Å². The maximum absolute atomic E-state index is 9.68. The number of aromatic nitrogens is 3. The van der Waals surface area contributed by atoms with Crippen LogP contribution < -0.4 is 0 Å². The van der Waals surface area contributed by atoms with Crippen molar-refractivity contribution in [2.75, 3.05) is 0 Å². The molecule has 0 aromatic carbocycles. The lowest BCUT2D eigenvalue weighted by Crippen LogP contribution is -2.01. The van der Waals surface area contributed by atoms with Crippen LogP contribution in [0.3, 0.4) is 0 Å². The van der Waals surface area contributed by atoms with Gasteiger partial charge in [-0.3, -0.25) is 5.10 Å². The Bertz CT molecular complexity index is 357. The second-order valence-corrected chi connectivity index (χ2v) is 4.04. The molecule has 14 heavy (non-hydrogen) atoms. The number of aliphatic hydroxyl groups is 1. The number of hydrogen-bond acceptors (Lipinski definition) is 4. The van der Waals surface area contributed by atoms with Crippen LogP contribution in [-0.2, 0) is 6.42 Å². The molecule has 0 fully saturated rings. The zero-order valence-corrected chi connectivity index (χ0v) is 8.37. The first-order valence-corrected chi connectivity index (χ1v) is 5.30. The second kappa shape index (κ2) is 4.34. The molecule has 74 valence electrons. The minimum absolute atomic E-state index is 0.542. The topological polar surface area (TPSA) is 61.8 Å². The minimum atomic E-state index is -0.542. The van der Waals surface area contributed by atoms with Crippen molar-refractivity contribution in [2.24, 2.45) is 0 Å². The Morgan fingerprint density at radius 3 is 3.14 bits per heavy atom. The van der Waals surface area contributed by atoms with Crippen molar-refractivity contribution in [3.63, 3.8) is 0 Å². The zero-order chi connectivity index (χ0) is 9.80. The number of aromatic amines is 1.